The lowest BCUT2D eigenvalue weighted by atomic mass is 10.1. The van der Waals surface area contributed by atoms with Gasteiger partial charge in [0.2, 0.25) is 0 Å². The average Bonchev–Trinajstić information content (AvgIpc) is 3.42. The number of rotatable bonds is 8. The third kappa shape index (κ3) is 3.84. The van der Waals surface area contributed by atoms with E-state index in [-0.39, 0.29) is 22.2 Å². The molecule has 2 aromatic carbocycles. The maximum Gasteiger partial charge on any atom is 0.270 e. The van der Waals surface area contributed by atoms with Crippen LogP contribution in [0, 0.1) is 0 Å². The third-order valence-corrected chi connectivity index (χ3v) is 5.89. The van der Waals surface area contributed by atoms with Gasteiger partial charge in [-0.1, -0.05) is 11.2 Å². The quantitative estimate of drug-likeness (QED) is 0.434. The van der Waals surface area contributed by atoms with E-state index in [1.165, 1.54) is 38.3 Å². The zero-order chi connectivity index (χ0) is 22.0. The Labute approximate surface area is 177 Å². The zero-order valence-corrected chi connectivity index (χ0v) is 17.7. The van der Waals surface area contributed by atoms with Gasteiger partial charge in [-0.3, -0.25) is 4.72 Å². The summed E-state index contributed by atoms with van der Waals surface area (Å²) in [5.41, 5.74) is 1.13. The number of hydrogen-bond acceptors (Lipinski definition) is 9. The molecule has 11 nitrogen and oxygen atoms in total. The fourth-order valence-electron chi connectivity index (χ4n) is 3.16. The summed E-state index contributed by atoms with van der Waals surface area (Å²) in [7, 11) is 0.0796. The van der Waals surface area contributed by atoms with Gasteiger partial charge in [0.25, 0.3) is 10.0 Å². The van der Waals surface area contributed by atoms with Crippen molar-refractivity contribution in [2.24, 2.45) is 0 Å². The minimum absolute atomic E-state index is 0.0245. The first-order chi connectivity index (χ1) is 15.0. The lowest BCUT2D eigenvalue weighted by Gasteiger charge is -2.14. The van der Waals surface area contributed by atoms with E-state index in [1.807, 2.05) is 0 Å². The van der Waals surface area contributed by atoms with Gasteiger partial charge in [0.05, 0.1) is 40.3 Å². The van der Waals surface area contributed by atoms with Gasteiger partial charge in [-0.25, -0.2) is 8.42 Å². The molecule has 2 aromatic heterocycles. The topological polar surface area (TPSA) is 131 Å². The molecule has 0 aliphatic heterocycles. The molecule has 4 aromatic rings. The van der Waals surface area contributed by atoms with Crippen LogP contribution < -0.4 is 18.9 Å². The molecule has 0 amide bonds. The maximum absolute atomic E-state index is 13.2. The molecule has 1 N–H and O–H groups in total. The van der Waals surface area contributed by atoms with Crippen molar-refractivity contribution in [3.63, 3.8) is 0 Å². The molecule has 0 saturated heterocycles. The van der Waals surface area contributed by atoms with Crippen molar-refractivity contribution in [1.82, 2.24) is 20.2 Å². The molecule has 12 heteroatoms. The first-order valence-corrected chi connectivity index (χ1v) is 10.5. The van der Waals surface area contributed by atoms with Gasteiger partial charge in [0.1, 0.15) is 22.6 Å². The Morgan fingerprint density at radius 1 is 1.00 bits per heavy atom. The van der Waals surface area contributed by atoms with Crippen molar-refractivity contribution in [3.8, 4) is 17.2 Å². The van der Waals surface area contributed by atoms with Gasteiger partial charge < -0.3 is 18.7 Å². The highest BCUT2D eigenvalue weighted by Gasteiger charge is 2.28. The summed E-state index contributed by atoms with van der Waals surface area (Å²) < 4.78 is 50.0. The predicted octanol–water partition coefficient (Wildman–Crippen LogP) is 2.29. The highest BCUT2D eigenvalue weighted by Crippen LogP contribution is 2.38. The molecule has 0 radical (unpaired) electrons. The summed E-state index contributed by atoms with van der Waals surface area (Å²) in [6.45, 7) is 0.374. The number of methoxy groups -OCH3 is 3. The Hall–Kier alpha value is -3.80. The molecular formula is C19H19N5O6S. The van der Waals surface area contributed by atoms with Crippen LogP contribution in [0.4, 0.5) is 5.82 Å². The second-order valence-corrected chi connectivity index (χ2v) is 7.98. The van der Waals surface area contributed by atoms with Crippen molar-refractivity contribution < 1.29 is 27.2 Å². The van der Waals surface area contributed by atoms with Crippen LogP contribution >= 0.6 is 0 Å². The van der Waals surface area contributed by atoms with Crippen molar-refractivity contribution in [2.75, 3.05) is 26.1 Å². The molecule has 0 aliphatic carbocycles. The lowest BCUT2D eigenvalue weighted by molar-refractivity contribution is 0.373. The number of benzene rings is 2. The molecule has 0 atom stereocenters. The van der Waals surface area contributed by atoms with Crippen LogP contribution in [0.15, 0.2) is 52.1 Å². The van der Waals surface area contributed by atoms with E-state index in [1.54, 1.807) is 30.6 Å². The molecule has 0 saturated carbocycles. The Bertz CT molecular complexity index is 1300. The van der Waals surface area contributed by atoms with Crippen molar-refractivity contribution in [3.05, 3.63) is 48.3 Å². The summed E-state index contributed by atoms with van der Waals surface area (Å²) in [5, 5.41) is 12.4. The number of nitrogens with one attached hydrogen (secondary N) is 1. The zero-order valence-electron chi connectivity index (χ0n) is 16.9. The molecule has 2 heterocycles. The standard InChI is InChI=1S/C19H19N5O6S/c1-27-13-5-4-6-14(28-2)18(13)31(25,26)23-19-17-15(29-3)9-12(10-16(17)30-22-19)11-24-20-7-8-21-24/h4-10H,11H2,1-3H3,(H,22,23). The van der Waals surface area contributed by atoms with Crippen LogP contribution in [-0.2, 0) is 16.6 Å². The van der Waals surface area contributed by atoms with Gasteiger partial charge in [0, 0.05) is 0 Å². The highest BCUT2D eigenvalue weighted by molar-refractivity contribution is 7.93. The van der Waals surface area contributed by atoms with E-state index < -0.39 is 10.0 Å². The summed E-state index contributed by atoms with van der Waals surface area (Å²) in [6.07, 6.45) is 3.15. The van der Waals surface area contributed by atoms with Gasteiger partial charge >= 0.3 is 0 Å². The maximum atomic E-state index is 13.2. The number of nitrogens with zero attached hydrogens (tertiary/aromatic N) is 4. The van der Waals surface area contributed by atoms with Crippen molar-refractivity contribution in [1.29, 1.82) is 0 Å². The summed E-state index contributed by atoms with van der Waals surface area (Å²) in [6, 6.07) is 8.13. The average molecular weight is 445 g/mol. The Morgan fingerprint density at radius 3 is 2.26 bits per heavy atom. The van der Waals surface area contributed by atoms with E-state index in [9.17, 15) is 8.42 Å². The van der Waals surface area contributed by atoms with Crippen LogP contribution in [0.3, 0.4) is 0 Å². The Kier molecular flexibility index (Phi) is 5.38. The predicted molar refractivity (Wildman–Crippen MR) is 110 cm³/mol. The first-order valence-electron chi connectivity index (χ1n) is 9.01. The largest absolute Gasteiger partial charge is 0.496 e. The SMILES string of the molecule is COc1cccc(OC)c1S(=O)(=O)Nc1noc2cc(Cn3nccn3)cc(OC)c12. The summed E-state index contributed by atoms with van der Waals surface area (Å²) >= 11 is 0. The molecule has 0 unspecified atom stereocenters. The van der Waals surface area contributed by atoms with E-state index in [2.05, 4.69) is 20.1 Å². The summed E-state index contributed by atoms with van der Waals surface area (Å²) in [5.74, 6) is 0.607. The molecule has 0 fully saturated rings. The monoisotopic (exact) mass is 445 g/mol. The number of aromatic nitrogens is 4. The number of anilines is 1. The second kappa shape index (κ2) is 8.14. The number of hydrogen-bond donors (Lipinski definition) is 1. The minimum Gasteiger partial charge on any atom is -0.496 e. The normalized spacial score (nSPS) is 11.5. The van der Waals surface area contributed by atoms with Crippen molar-refractivity contribution >= 4 is 26.8 Å². The van der Waals surface area contributed by atoms with Gasteiger partial charge in [-0.2, -0.15) is 15.0 Å². The minimum atomic E-state index is -4.14. The second-order valence-electron chi connectivity index (χ2n) is 6.36. The Morgan fingerprint density at radius 2 is 1.65 bits per heavy atom. The van der Waals surface area contributed by atoms with E-state index in [4.69, 9.17) is 18.7 Å². The molecule has 31 heavy (non-hydrogen) atoms. The third-order valence-electron chi connectivity index (χ3n) is 4.49. The van der Waals surface area contributed by atoms with E-state index >= 15 is 0 Å². The fourth-order valence-corrected chi connectivity index (χ4v) is 4.49. The van der Waals surface area contributed by atoms with Crippen LogP contribution in [0.1, 0.15) is 5.56 Å². The Balaban J connectivity index is 1.76. The van der Waals surface area contributed by atoms with Gasteiger partial charge in [0.15, 0.2) is 16.3 Å². The van der Waals surface area contributed by atoms with Crippen molar-refractivity contribution in [2.45, 2.75) is 11.4 Å². The summed E-state index contributed by atoms with van der Waals surface area (Å²) in [4.78, 5) is 1.34. The van der Waals surface area contributed by atoms with Crippen LogP contribution in [0.25, 0.3) is 11.0 Å². The molecule has 0 bridgehead atoms. The number of fused-ring (bicyclic) bond motifs is 1. The van der Waals surface area contributed by atoms with Crippen LogP contribution in [0.5, 0.6) is 17.2 Å². The molecule has 4 rings (SSSR count). The first kappa shape index (κ1) is 20.5. The van der Waals surface area contributed by atoms with Crippen LogP contribution in [-0.4, -0.2) is 49.9 Å². The molecule has 0 spiro atoms. The number of sulfonamides is 1. The lowest BCUT2D eigenvalue weighted by Crippen LogP contribution is -2.15. The molecule has 162 valence electrons. The van der Waals surface area contributed by atoms with E-state index in [0.717, 1.165) is 5.56 Å². The van der Waals surface area contributed by atoms with Gasteiger partial charge in [-0.05, 0) is 29.8 Å². The highest BCUT2D eigenvalue weighted by atomic mass is 32.2. The van der Waals surface area contributed by atoms with E-state index in [0.29, 0.717) is 23.3 Å². The molecular weight excluding hydrogens is 426 g/mol. The molecule has 0 aliphatic rings. The fraction of sp³-hybridized carbons (Fsp3) is 0.211. The van der Waals surface area contributed by atoms with Crippen LogP contribution in [0.2, 0.25) is 0 Å². The van der Waals surface area contributed by atoms with Gasteiger partial charge in [-0.15, -0.1) is 0 Å². The number of ether oxygens (including phenoxy) is 3. The smallest absolute Gasteiger partial charge is 0.270 e.